The molecule has 0 amide bonds. The standard InChI is InChI=1S/C11H10BrN/c1-3-10-5-4-6-11(7-10)13-8-9(2)12/h1,4-7,13H,2,8H2. The maximum atomic E-state index is 5.27. The van der Waals surface area contributed by atoms with Crippen molar-refractivity contribution in [2.75, 3.05) is 11.9 Å². The van der Waals surface area contributed by atoms with Gasteiger partial charge in [-0.05, 0) is 18.2 Å². The molecule has 0 aliphatic heterocycles. The molecule has 0 heterocycles. The Morgan fingerprint density at radius 3 is 3.00 bits per heavy atom. The Kier molecular flexibility index (Phi) is 3.60. The van der Waals surface area contributed by atoms with E-state index >= 15 is 0 Å². The van der Waals surface area contributed by atoms with Crippen LogP contribution in [0.5, 0.6) is 0 Å². The van der Waals surface area contributed by atoms with Gasteiger partial charge in [-0.25, -0.2) is 0 Å². The molecule has 0 aliphatic carbocycles. The molecule has 0 fully saturated rings. The van der Waals surface area contributed by atoms with Gasteiger partial charge in [0.05, 0.1) is 0 Å². The van der Waals surface area contributed by atoms with Crippen molar-refractivity contribution in [1.82, 2.24) is 0 Å². The molecule has 0 aromatic heterocycles. The quantitative estimate of drug-likeness (QED) is 0.795. The summed E-state index contributed by atoms with van der Waals surface area (Å²) in [5.41, 5.74) is 1.89. The molecule has 1 aromatic rings. The molecule has 1 aromatic carbocycles. The Morgan fingerprint density at radius 1 is 1.62 bits per heavy atom. The molecule has 1 rings (SSSR count). The predicted molar refractivity (Wildman–Crippen MR) is 60.9 cm³/mol. The van der Waals surface area contributed by atoms with E-state index < -0.39 is 0 Å². The molecular formula is C11H10BrN. The summed E-state index contributed by atoms with van der Waals surface area (Å²) in [4.78, 5) is 0. The summed E-state index contributed by atoms with van der Waals surface area (Å²) in [7, 11) is 0. The lowest BCUT2D eigenvalue weighted by Crippen LogP contribution is -2.00. The lowest BCUT2D eigenvalue weighted by molar-refractivity contribution is 1.33. The second-order valence-corrected chi connectivity index (χ2v) is 3.72. The normalized spacial score (nSPS) is 8.92. The molecule has 0 atom stereocenters. The summed E-state index contributed by atoms with van der Waals surface area (Å²) in [6.45, 7) is 4.43. The molecule has 1 N–H and O–H groups in total. The molecule has 0 unspecified atom stereocenters. The molecule has 0 saturated heterocycles. The van der Waals surface area contributed by atoms with E-state index in [0.29, 0.717) is 6.54 Å². The van der Waals surface area contributed by atoms with E-state index in [4.69, 9.17) is 6.42 Å². The first-order chi connectivity index (χ1) is 6.22. The average Bonchev–Trinajstić information content (AvgIpc) is 2.15. The lowest BCUT2D eigenvalue weighted by atomic mass is 10.2. The van der Waals surface area contributed by atoms with Crippen LogP contribution in [-0.4, -0.2) is 6.54 Å². The fraction of sp³-hybridized carbons (Fsp3) is 0.0909. The van der Waals surface area contributed by atoms with E-state index in [2.05, 4.69) is 33.7 Å². The van der Waals surface area contributed by atoms with Gasteiger partial charge in [0.15, 0.2) is 0 Å². The summed E-state index contributed by atoms with van der Waals surface area (Å²) in [5.74, 6) is 2.58. The number of hydrogen-bond donors (Lipinski definition) is 1. The van der Waals surface area contributed by atoms with Crippen LogP contribution in [0.4, 0.5) is 5.69 Å². The third kappa shape index (κ3) is 3.35. The molecule has 0 spiro atoms. The highest BCUT2D eigenvalue weighted by Gasteiger charge is 1.92. The second kappa shape index (κ2) is 4.74. The van der Waals surface area contributed by atoms with E-state index in [1.807, 2.05) is 24.3 Å². The van der Waals surface area contributed by atoms with Crippen LogP contribution < -0.4 is 5.32 Å². The Bertz CT molecular complexity index is 349. The van der Waals surface area contributed by atoms with Crippen LogP contribution in [0.2, 0.25) is 0 Å². The van der Waals surface area contributed by atoms with Crippen molar-refractivity contribution in [3.05, 3.63) is 40.9 Å². The van der Waals surface area contributed by atoms with Gasteiger partial charge in [0.25, 0.3) is 0 Å². The minimum absolute atomic E-state index is 0.702. The molecule has 0 bridgehead atoms. The maximum Gasteiger partial charge on any atom is 0.0460 e. The number of benzene rings is 1. The summed E-state index contributed by atoms with van der Waals surface area (Å²) in [6, 6.07) is 7.72. The summed E-state index contributed by atoms with van der Waals surface area (Å²) in [6.07, 6.45) is 5.27. The molecule has 13 heavy (non-hydrogen) atoms. The van der Waals surface area contributed by atoms with Gasteiger partial charge in [-0.2, -0.15) is 0 Å². The average molecular weight is 236 g/mol. The topological polar surface area (TPSA) is 12.0 Å². The Hall–Kier alpha value is -1.20. The van der Waals surface area contributed by atoms with Crippen LogP contribution in [-0.2, 0) is 0 Å². The minimum atomic E-state index is 0.702. The van der Waals surface area contributed by atoms with E-state index in [-0.39, 0.29) is 0 Å². The Balaban J connectivity index is 2.68. The summed E-state index contributed by atoms with van der Waals surface area (Å²) >= 11 is 3.27. The van der Waals surface area contributed by atoms with Gasteiger partial charge in [0, 0.05) is 22.3 Å². The van der Waals surface area contributed by atoms with Crippen molar-refractivity contribution in [3.8, 4) is 12.3 Å². The summed E-state index contributed by atoms with van der Waals surface area (Å²) in [5, 5.41) is 3.18. The number of anilines is 1. The van der Waals surface area contributed by atoms with Gasteiger partial charge in [0.1, 0.15) is 0 Å². The van der Waals surface area contributed by atoms with Crippen molar-refractivity contribution < 1.29 is 0 Å². The smallest absolute Gasteiger partial charge is 0.0460 e. The van der Waals surface area contributed by atoms with Crippen LogP contribution in [0, 0.1) is 12.3 Å². The van der Waals surface area contributed by atoms with Crippen LogP contribution in [0.15, 0.2) is 35.3 Å². The van der Waals surface area contributed by atoms with Crippen molar-refractivity contribution in [2.24, 2.45) is 0 Å². The van der Waals surface area contributed by atoms with Crippen molar-refractivity contribution in [3.63, 3.8) is 0 Å². The number of halogens is 1. The first kappa shape index (κ1) is 9.88. The van der Waals surface area contributed by atoms with Gasteiger partial charge in [-0.3, -0.25) is 0 Å². The third-order valence-electron chi connectivity index (χ3n) is 1.51. The fourth-order valence-electron chi connectivity index (χ4n) is 0.917. The van der Waals surface area contributed by atoms with Crippen LogP contribution in [0.25, 0.3) is 0 Å². The number of terminal acetylenes is 1. The number of rotatable bonds is 3. The fourth-order valence-corrected chi connectivity index (χ4v) is 1.06. The molecular weight excluding hydrogens is 226 g/mol. The van der Waals surface area contributed by atoms with E-state index in [9.17, 15) is 0 Å². The molecule has 0 saturated carbocycles. The minimum Gasteiger partial charge on any atom is -0.380 e. The second-order valence-electron chi connectivity index (χ2n) is 2.60. The first-order valence-electron chi connectivity index (χ1n) is 3.86. The highest BCUT2D eigenvalue weighted by atomic mass is 79.9. The van der Waals surface area contributed by atoms with Gasteiger partial charge < -0.3 is 5.32 Å². The number of hydrogen-bond acceptors (Lipinski definition) is 1. The zero-order valence-corrected chi connectivity index (χ0v) is 8.76. The van der Waals surface area contributed by atoms with Gasteiger partial charge in [0.2, 0.25) is 0 Å². The van der Waals surface area contributed by atoms with Crippen LogP contribution in [0.3, 0.4) is 0 Å². The monoisotopic (exact) mass is 235 g/mol. The van der Waals surface area contributed by atoms with Gasteiger partial charge in [-0.1, -0.05) is 34.5 Å². The molecule has 1 nitrogen and oxygen atoms in total. The molecule has 66 valence electrons. The van der Waals surface area contributed by atoms with E-state index in [0.717, 1.165) is 15.7 Å². The number of nitrogens with one attached hydrogen (secondary N) is 1. The zero-order valence-electron chi connectivity index (χ0n) is 7.18. The van der Waals surface area contributed by atoms with Crippen molar-refractivity contribution in [1.29, 1.82) is 0 Å². The SMILES string of the molecule is C#Cc1cccc(NCC(=C)Br)c1. The first-order valence-corrected chi connectivity index (χ1v) is 4.65. The Morgan fingerprint density at radius 2 is 2.38 bits per heavy atom. The third-order valence-corrected chi connectivity index (χ3v) is 1.79. The molecule has 0 radical (unpaired) electrons. The zero-order chi connectivity index (χ0) is 9.68. The highest BCUT2D eigenvalue weighted by molar-refractivity contribution is 9.11. The predicted octanol–water partition coefficient (Wildman–Crippen LogP) is 2.99. The van der Waals surface area contributed by atoms with Crippen molar-refractivity contribution in [2.45, 2.75) is 0 Å². The highest BCUT2D eigenvalue weighted by Crippen LogP contribution is 2.11. The van der Waals surface area contributed by atoms with Crippen LogP contribution >= 0.6 is 15.9 Å². The van der Waals surface area contributed by atoms with E-state index in [1.54, 1.807) is 0 Å². The summed E-state index contributed by atoms with van der Waals surface area (Å²) < 4.78 is 0.915. The molecule has 0 aliphatic rings. The maximum absolute atomic E-state index is 5.27. The van der Waals surface area contributed by atoms with Gasteiger partial charge in [-0.15, -0.1) is 6.42 Å². The molecule has 2 heteroatoms. The van der Waals surface area contributed by atoms with Crippen LogP contribution in [0.1, 0.15) is 5.56 Å². The van der Waals surface area contributed by atoms with Gasteiger partial charge >= 0.3 is 0 Å². The largest absolute Gasteiger partial charge is 0.380 e. The lowest BCUT2D eigenvalue weighted by Gasteiger charge is -2.04. The Labute approximate surface area is 87.0 Å². The van der Waals surface area contributed by atoms with E-state index in [1.165, 1.54) is 0 Å². The van der Waals surface area contributed by atoms with Crippen molar-refractivity contribution >= 4 is 21.6 Å².